The molecule has 0 amide bonds. The molecule has 0 aliphatic carbocycles. The Kier molecular flexibility index (Phi) is 97.6. The molecule has 0 radical (unpaired) electrons. The van der Waals surface area contributed by atoms with Gasteiger partial charge in [-0.05, 0) is 156 Å². The predicted molar refractivity (Wildman–Crippen MR) is 554 cm³/mol. The first-order valence-corrected chi connectivity index (χ1v) is 87.8. The number of nitrogens with zero attached hydrogens (tertiary/aromatic N) is 12. The molecule has 138 heavy (non-hydrogen) atoms. The van der Waals surface area contributed by atoms with Crippen molar-refractivity contribution in [3.63, 3.8) is 0 Å². The van der Waals surface area contributed by atoms with Crippen molar-refractivity contribution in [3.8, 4) is 0 Å². The van der Waals surface area contributed by atoms with Gasteiger partial charge in [0.1, 0.15) is 78.5 Å². The van der Waals surface area contributed by atoms with E-state index < -0.39 is 111 Å². The van der Waals surface area contributed by atoms with E-state index >= 15 is 0 Å². The Morgan fingerprint density at radius 3 is 0.239 bits per heavy atom. The first-order chi connectivity index (χ1) is 64.1. The predicted octanol–water partition coefficient (Wildman–Crippen LogP) is 7.95. The molecular formula is C84H108Br12Cl6N12O18Sb6. The molecule has 12 rings (SSSR count). The van der Waals surface area contributed by atoms with Crippen LogP contribution in [-0.2, 0) is 96.6 Å². The SMILES string of the molecule is CC[n+]1ccccc1Br.CC[n+]1ccccc1Br.CC[n+]1ccccc1Br.CC[n+]1ccccc1Br.CC[n+]1ccccc1Br.CC[n+]1ccccc1Br.CC[n+]1ccccc1Br.CC[n+]1ccccc1Br.CC[n+]1ccccc1Br.CC[n+]1ccccc1Br.CC[n+]1ccccc1Br.CC[n+]1ccccc1Br.[O]=[Sb]([O-])([O-])[Cl].[O]=[Sb]([O-])([O-])[Cl].[O]=[Sb]([O-])([O-])[Cl].[O]=[Sb]([O-])([O-])[Cl].[O]=[Sb]([O-])([O-])[Cl].[O]=[Sb]([O-])([O-])[Cl]. The zero-order valence-electron chi connectivity index (χ0n) is 76.4. The summed E-state index contributed by atoms with van der Waals surface area (Å²) in [7, 11) is 24.4. The van der Waals surface area contributed by atoms with Gasteiger partial charge < -0.3 is 0 Å². The van der Waals surface area contributed by atoms with Crippen LogP contribution in [0, 0.1) is 0 Å². The molecule has 0 aliphatic heterocycles. The van der Waals surface area contributed by atoms with E-state index in [1.54, 1.807) is 0 Å². The molecule has 12 heterocycles. The topological polar surface area (TPSA) is 426 Å². The number of halogens is 18. The Bertz CT molecular complexity index is 4380. The number of aromatic nitrogens is 12. The number of aryl methyl sites for hydroxylation is 12. The third kappa shape index (κ3) is 102. The van der Waals surface area contributed by atoms with Crippen LogP contribution in [-0.4, -0.2) is 111 Å². The average Bonchev–Trinajstić information content (AvgIpc) is 0.986. The third-order valence-electron chi connectivity index (χ3n) is 14.7. The van der Waals surface area contributed by atoms with E-state index in [9.17, 15) is 0 Å². The van der Waals surface area contributed by atoms with Gasteiger partial charge in [0.15, 0.2) is 74.4 Å². The van der Waals surface area contributed by atoms with Crippen LogP contribution in [0.1, 0.15) is 83.1 Å². The molecule has 0 unspecified atom stereocenters. The van der Waals surface area contributed by atoms with Gasteiger partial charge in [-0.2, -0.15) is 54.8 Å². The van der Waals surface area contributed by atoms with Gasteiger partial charge in [-0.15, -0.1) is 0 Å². The molecule has 30 nitrogen and oxygen atoms in total. The van der Waals surface area contributed by atoms with Crippen LogP contribution in [0.2, 0.25) is 0 Å². The van der Waals surface area contributed by atoms with Crippen molar-refractivity contribution in [2.45, 2.75) is 162 Å². The van der Waals surface area contributed by atoms with E-state index in [2.05, 4.69) is 382 Å². The van der Waals surface area contributed by atoms with Crippen LogP contribution < -0.4 is 95.4 Å². The van der Waals surface area contributed by atoms with Gasteiger partial charge in [-0.1, -0.05) is 0 Å². The summed E-state index contributed by atoms with van der Waals surface area (Å²) < 4.78 is 200. The van der Waals surface area contributed by atoms with Crippen LogP contribution >= 0.6 is 244 Å². The second-order valence-corrected chi connectivity index (χ2v) is 65.5. The third-order valence-corrected chi connectivity index (χ3v) is 23.3. The fourth-order valence-corrected chi connectivity index (χ4v) is 14.8. The maximum atomic E-state index is 8.96. The standard InChI is InChI=1S/12C7H9BrN.6ClH.18O.6Sb/c12*1-2-9-6-4-3-5-7(9)8;;;;;;;;;;;;;;;;;;;;;;;;;;;;;;/h12*3-6H,2H2,1H3;6*1H;;;;;;;;;;;;;;;;;;;;;;;;/q12*+1;;;;;;;;;;;;;12*-1;6*+1/p-6. The number of hydrogen-bond donors (Lipinski definition) is 0. The van der Waals surface area contributed by atoms with Crippen molar-refractivity contribution in [1.82, 2.24) is 0 Å². The van der Waals surface area contributed by atoms with E-state index in [0.29, 0.717) is 0 Å². The molecule has 0 fully saturated rings. The average molecular weight is 3480 g/mol. The maximum absolute atomic E-state index is 8.96. The van der Waals surface area contributed by atoms with E-state index in [1.807, 2.05) is 293 Å². The normalized spacial score (nSPS) is 10.0. The number of pyridine rings is 12. The van der Waals surface area contributed by atoms with Gasteiger partial charge in [-0.25, -0.2) is 0 Å². The fourth-order valence-electron chi connectivity index (χ4n) is 8.54. The summed E-state index contributed by atoms with van der Waals surface area (Å²) in [5.41, 5.74) is 0. The molecule has 768 valence electrons. The van der Waals surface area contributed by atoms with Gasteiger partial charge in [0.25, 0.3) is 0 Å². The van der Waals surface area contributed by atoms with Gasteiger partial charge in [0, 0.05) is 337 Å². The van der Waals surface area contributed by atoms with Crippen LogP contribution in [0.25, 0.3) is 0 Å². The van der Waals surface area contributed by atoms with Crippen molar-refractivity contribution in [2.75, 3.05) is 0 Å². The van der Waals surface area contributed by atoms with Crippen LogP contribution in [0.4, 0.5) is 0 Å². The molecule has 0 saturated heterocycles. The summed E-state index contributed by atoms with van der Waals surface area (Å²) >= 11 is 8.77. The van der Waals surface area contributed by atoms with E-state index in [1.165, 1.54) is 0 Å². The summed E-state index contributed by atoms with van der Waals surface area (Å²) in [6, 6.07) is 72.8. The van der Waals surface area contributed by atoms with E-state index in [0.717, 1.165) is 134 Å². The molecule has 12 aromatic rings. The molecule has 54 heteroatoms. The van der Waals surface area contributed by atoms with Crippen molar-refractivity contribution in [1.29, 1.82) is 0 Å². The van der Waals surface area contributed by atoms with Gasteiger partial charge in [-0.3, -0.25) is 0 Å². The van der Waals surface area contributed by atoms with Crippen molar-refractivity contribution in [2.24, 2.45) is 0 Å². The quantitative estimate of drug-likeness (QED) is 0.0635. The fraction of sp³-hybridized carbons (Fsp3) is 0.286. The molecule has 0 spiro atoms. The monoisotopic (exact) mass is 3460 g/mol. The van der Waals surface area contributed by atoms with E-state index in [-0.39, 0.29) is 0 Å². The summed E-state index contributed by atoms with van der Waals surface area (Å²) in [6.07, 6.45) is 24.5. The molecule has 0 bridgehead atoms. The Labute approximate surface area is 963 Å². The number of rotatable bonds is 12. The summed E-state index contributed by atoms with van der Waals surface area (Å²) in [5.74, 6) is 0. The van der Waals surface area contributed by atoms with Gasteiger partial charge in [0.2, 0.25) is 55.2 Å². The molecule has 0 N–H and O–H groups in total. The second kappa shape index (κ2) is 90.3. The summed E-state index contributed by atoms with van der Waals surface area (Å²) in [4.78, 5) is 0. The Balaban J connectivity index is -0.000000336. The van der Waals surface area contributed by atoms with Crippen molar-refractivity contribution < 1.29 is 114 Å². The molecule has 12 aromatic heterocycles. The Hall–Kier alpha value is 0.529. The van der Waals surface area contributed by atoms with E-state index in [4.69, 9.17) is 58.7 Å². The number of hydrogen-bond acceptors (Lipinski definition) is 18. The van der Waals surface area contributed by atoms with Crippen molar-refractivity contribution in [3.05, 3.63) is 348 Å². The minimum absolute atomic E-state index is 1.02. The van der Waals surface area contributed by atoms with Gasteiger partial charge in [0.05, 0.1) is 0 Å². The zero-order chi connectivity index (χ0) is 107. The Morgan fingerprint density at radius 1 is 0.159 bits per heavy atom. The van der Waals surface area contributed by atoms with Crippen LogP contribution in [0.3, 0.4) is 0 Å². The van der Waals surface area contributed by atoms with Crippen LogP contribution in [0.5, 0.6) is 0 Å². The first-order valence-electron chi connectivity index (χ1n) is 40.1. The van der Waals surface area contributed by atoms with Crippen molar-refractivity contribution >= 4 is 355 Å². The zero-order valence-corrected chi connectivity index (χ0v) is 115. The van der Waals surface area contributed by atoms with Crippen LogP contribution in [0.15, 0.2) is 348 Å². The summed E-state index contributed by atoms with van der Waals surface area (Å²) in [6.45, 7) is 37.6. The first kappa shape index (κ1) is 149. The molecular weight excluding hydrogens is 3370 g/mol. The minimum atomic E-state index is -5.38. The summed E-state index contributed by atoms with van der Waals surface area (Å²) in [5, 5.41) is 0. The molecule has 0 saturated carbocycles. The second-order valence-electron chi connectivity index (χ2n) is 24.3. The molecule has 0 atom stereocenters. The Morgan fingerprint density at radius 2 is 0.210 bits per heavy atom. The molecule has 0 aliphatic rings. The van der Waals surface area contributed by atoms with Gasteiger partial charge >= 0.3 is 223 Å². The molecule has 0 aromatic carbocycles.